The fourth-order valence-corrected chi connectivity index (χ4v) is 4.02. The van der Waals surface area contributed by atoms with Crippen molar-refractivity contribution >= 4 is 29.2 Å². The second-order valence-electron chi connectivity index (χ2n) is 9.01. The van der Waals surface area contributed by atoms with Gasteiger partial charge in [0.25, 0.3) is 5.91 Å². The summed E-state index contributed by atoms with van der Waals surface area (Å²) in [7, 11) is 3.23. The van der Waals surface area contributed by atoms with Gasteiger partial charge in [-0.25, -0.2) is 4.98 Å². The highest BCUT2D eigenvalue weighted by Gasteiger charge is 2.38. The maximum Gasteiger partial charge on any atom is 0.425 e. The molecule has 0 unspecified atom stereocenters. The fourth-order valence-electron chi connectivity index (χ4n) is 3.79. The Bertz CT molecular complexity index is 1360. The number of amides is 2. The van der Waals surface area contributed by atoms with Gasteiger partial charge in [-0.1, -0.05) is 35.9 Å². The Morgan fingerprint density at radius 3 is 2.33 bits per heavy atom. The number of imidazole rings is 1. The number of Topliss-reactive ketones (excluding diaryl/α,β-unsaturated/α-hetero) is 1. The molecule has 8 nitrogen and oxygen atoms in total. The maximum atomic E-state index is 12.9. The number of alkyl halides is 3. The quantitative estimate of drug-likeness (QED) is 0.346. The van der Waals surface area contributed by atoms with E-state index in [0.717, 1.165) is 18.1 Å². The van der Waals surface area contributed by atoms with E-state index < -0.39 is 24.2 Å². The molecule has 0 saturated carbocycles. The number of carbonyl (C=O) groups is 3. The summed E-state index contributed by atoms with van der Waals surface area (Å²) in [6, 6.07) is 10.5. The van der Waals surface area contributed by atoms with E-state index in [1.165, 1.54) is 32.2 Å². The first-order chi connectivity index (χ1) is 18.3. The maximum absolute atomic E-state index is 12.9. The Labute approximate surface area is 228 Å². The number of benzene rings is 2. The minimum Gasteiger partial charge on any atom is -0.480 e. The van der Waals surface area contributed by atoms with Gasteiger partial charge in [-0.15, -0.1) is 0 Å². The Morgan fingerprint density at radius 2 is 1.79 bits per heavy atom. The number of nitrogens with one attached hydrogen (secondary N) is 2. The van der Waals surface area contributed by atoms with Gasteiger partial charge in [0.15, 0.2) is 17.7 Å². The number of nitrogens with zero attached hydrogens (tertiary/aromatic N) is 2. The Hall–Kier alpha value is -3.86. The molecular formula is C27H28ClF3N4O4. The highest BCUT2D eigenvalue weighted by Crippen LogP contribution is 2.31. The number of halogens is 4. The van der Waals surface area contributed by atoms with Gasteiger partial charge in [-0.3, -0.25) is 14.4 Å². The minimum atomic E-state index is -4.57. The zero-order chi connectivity index (χ0) is 28.9. The van der Waals surface area contributed by atoms with Crippen molar-refractivity contribution in [2.45, 2.75) is 45.0 Å². The number of ether oxygens (including phenoxy) is 1. The van der Waals surface area contributed by atoms with Gasteiger partial charge < -0.3 is 19.9 Å². The molecule has 0 radical (unpaired) electrons. The molecule has 2 N–H and O–H groups in total. The van der Waals surface area contributed by atoms with Crippen LogP contribution in [0.3, 0.4) is 0 Å². The van der Waals surface area contributed by atoms with E-state index in [1.54, 1.807) is 17.8 Å². The fraction of sp³-hybridized carbons (Fsp3) is 0.333. The molecule has 0 bridgehead atoms. The third kappa shape index (κ3) is 7.82. The lowest BCUT2D eigenvalue weighted by atomic mass is 10.0. The Kier molecular flexibility index (Phi) is 9.39. The van der Waals surface area contributed by atoms with Crippen molar-refractivity contribution in [3.05, 3.63) is 70.6 Å². The summed E-state index contributed by atoms with van der Waals surface area (Å²) < 4.78 is 44.9. The van der Waals surface area contributed by atoms with Gasteiger partial charge >= 0.3 is 6.18 Å². The van der Waals surface area contributed by atoms with E-state index in [1.807, 2.05) is 24.3 Å². The summed E-state index contributed by atoms with van der Waals surface area (Å²) in [4.78, 5) is 41.1. The molecule has 0 aliphatic carbocycles. The van der Waals surface area contributed by atoms with Gasteiger partial charge in [0.1, 0.15) is 5.75 Å². The van der Waals surface area contributed by atoms with E-state index >= 15 is 0 Å². The van der Waals surface area contributed by atoms with Crippen LogP contribution in [0.25, 0.3) is 11.3 Å². The van der Waals surface area contributed by atoms with Crippen LogP contribution in [-0.2, 0) is 18.3 Å². The molecule has 1 aromatic heterocycles. The second-order valence-corrected chi connectivity index (χ2v) is 9.42. The lowest BCUT2D eigenvalue weighted by molar-refractivity contribution is -0.189. The Morgan fingerprint density at radius 1 is 1.13 bits per heavy atom. The van der Waals surface area contributed by atoms with E-state index in [9.17, 15) is 27.6 Å². The average Bonchev–Trinajstić information content (AvgIpc) is 3.26. The van der Waals surface area contributed by atoms with Crippen LogP contribution in [0.2, 0.25) is 5.02 Å². The topological polar surface area (TPSA) is 102 Å². The molecule has 0 aliphatic rings. The van der Waals surface area contributed by atoms with E-state index in [0.29, 0.717) is 17.9 Å². The van der Waals surface area contributed by atoms with Gasteiger partial charge in [0.2, 0.25) is 5.91 Å². The van der Waals surface area contributed by atoms with E-state index in [4.69, 9.17) is 16.3 Å². The van der Waals surface area contributed by atoms with Gasteiger partial charge in [-0.05, 0) is 37.1 Å². The van der Waals surface area contributed by atoms with Gasteiger partial charge in [0.05, 0.1) is 10.7 Å². The zero-order valence-corrected chi connectivity index (χ0v) is 22.5. The van der Waals surface area contributed by atoms with Crippen LogP contribution in [0.15, 0.2) is 48.7 Å². The number of hydrogen-bond donors (Lipinski definition) is 2. The van der Waals surface area contributed by atoms with Crippen molar-refractivity contribution in [1.29, 1.82) is 0 Å². The van der Waals surface area contributed by atoms with Crippen LogP contribution in [0.4, 0.5) is 13.2 Å². The van der Waals surface area contributed by atoms with Crippen molar-refractivity contribution in [3.63, 3.8) is 0 Å². The molecule has 0 fully saturated rings. The molecule has 208 valence electrons. The first-order valence-corrected chi connectivity index (χ1v) is 12.3. The normalized spacial score (nSPS) is 12.9. The van der Waals surface area contributed by atoms with Crippen LogP contribution >= 0.6 is 11.6 Å². The number of hydrogen-bond acceptors (Lipinski definition) is 5. The number of rotatable bonds is 10. The van der Waals surface area contributed by atoms with E-state index in [2.05, 4.69) is 15.6 Å². The lowest BCUT2D eigenvalue weighted by Crippen LogP contribution is -2.40. The van der Waals surface area contributed by atoms with Crippen molar-refractivity contribution in [1.82, 2.24) is 20.2 Å². The summed E-state index contributed by atoms with van der Waals surface area (Å²) >= 11 is 6.07. The van der Waals surface area contributed by atoms with Crippen molar-refractivity contribution in [2.75, 3.05) is 7.05 Å². The molecule has 0 spiro atoms. The number of carbonyl (C=O) groups excluding carboxylic acids is 3. The van der Waals surface area contributed by atoms with Gasteiger partial charge in [-0.2, -0.15) is 13.2 Å². The van der Waals surface area contributed by atoms with Crippen molar-refractivity contribution in [2.24, 2.45) is 7.05 Å². The SMILES string of the molecule is CNC(=O)C[C@H](Cc1ccc(-c2cn(C)c(C(C)=O)n2)cc1)NC(=O)c1ccc(O[C@H](C)C(F)(F)F)c(Cl)c1. The Balaban J connectivity index is 1.74. The highest BCUT2D eigenvalue weighted by molar-refractivity contribution is 6.32. The minimum absolute atomic E-state index is 0.00969. The molecule has 12 heteroatoms. The van der Waals surface area contributed by atoms with Gasteiger partial charge in [0, 0.05) is 50.8 Å². The highest BCUT2D eigenvalue weighted by atomic mass is 35.5. The summed E-state index contributed by atoms with van der Waals surface area (Å²) in [6.07, 6.45) is -4.58. The standard InChI is InChI=1S/C27H28ClF3N4O4/c1-15(36)25-34-22(14-35(25)4)18-7-5-17(6-8-18)11-20(13-24(37)32-3)33-26(38)19-9-10-23(21(28)12-19)39-16(2)27(29,30)31/h5-10,12,14,16,20H,11,13H2,1-4H3,(H,32,37)(H,33,38)/t16-,20+/m1/s1. The second kappa shape index (κ2) is 12.3. The van der Waals surface area contributed by atoms with Crippen LogP contribution in [0, 0.1) is 0 Å². The molecule has 2 atom stereocenters. The summed E-state index contributed by atoms with van der Waals surface area (Å²) in [5.41, 5.74) is 2.36. The summed E-state index contributed by atoms with van der Waals surface area (Å²) in [6.45, 7) is 2.30. The van der Waals surface area contributed by atoms with Crippen LogP contribution in [0.1, 0.15) is 46.8 Å². The summed E-state index contributed by atoms with van der Waals surface area (Å²) in [5, 5.41) is 5.17. The number of aromatic nitrogens is 2. The molecular weight excluding hydrogens is 537 g/mol. The largest absolute Gasteiger partial charge is 0.480 e. The van der Waals surface area contributed by atoms with E-state index in [-0.39, 0.29) is 34.4 Å². The third-order valence-corrected chi connectivity index (χ3v) is 6.22. The molecule has 3 aromatic rings. The summed E-state index contributed by atoms with van der Waals surface area (Å²) in [5.74, 6) is -0.846. The third-order valence-electron chi connectivity index (χ3n) is 5.93. The molecule has 0 aliphatic heterocycles. The predicted molar refractivity (Wildman–Crippen MR) is 140 cm³/mol. The number of ketones is 1. The first kappa shape index (κ1) is 29.7. The zero-order valence-electron chi connectivity index (χ0n) is 21.7. The molecule has 2 aromatic carbocycles. The first-order valence-electron chi connectivity index (χ1n) is 12.0. The molecule has 0 saturated heterocycles. The molecule has 1 heterocycles. The van der Waals surface area contributed by atoms with Crippen molar-refractivity contribution in [3.8, 4) is 17.0 Å². The molecule has 2 amide bonds. The monoisotopic (exact) mass is 564 g/mol. The number of aryl methyl sites for hydroxylation is 1. The molecule has 39 heavy (non-hydrogen) atoms. The smallest absolute Gasteiger partial charge is 0.425 e. The van der Waals surface area contributed by atoms with Crippen LogP contribution in [0.5, 0.6) is 5.75 Å². The van der Waals surface area contributed by atoms with Crippen LogP contribution in [-0.4, -0.2) is 52.5 Å². The average molecular weight is 565 g/mol. The predicted octanol–water partition coefficient (Wildman–Crippen LogP) is 4.75. The van der Waals surface area contributed by atoms with Crippen molar-refractivity contribution < 1.29 is 32.3 Å². The lowest BCUT2D eigenvalue weighted by Gasteiger charge is -2.20. The molecule has 3 rings (SSSR count). The van der Waals surface area contributed by atoms with Crippen LogP contribution < -0.4 is 15.4 Å².